The Bertz CT molecular complexity index is 503. The lowest BCUT2D eigenvalue weighted by atomic mass is 10.1. The first kappa shape index (κ1) is 25.3. The smallest absolute Gasteiger partial charge is 0.152 e. The molecule has 0 saturated carbocycles. The van der Waals surface area contributed by atoms with Gasteiger partial charge in [0.05, 0.1) is 22.0 Å². The normalized spacial score (nSPS) is 24.1. The Morgan fingerprint density at radius 2 is 0.963 bits per heavy atom. The molecular weight excluding hydrogens is 400 g/mol. The van der Waals surface area contributed by atoms with Gasteiger partial charge >= 0.3 is 0 Å². The Hall–Kier alpha value is 0.250. The molecule has 7 heteroatoms. The minimum atomic E-state index is -3.21. The van der Waals surface area contributed by atoms with Crippen molar-refractivity contribution in [2.75, 3.05) is 23.0 Å². The second-order valence-corrected chi connectivity index (χ2v) is 13.6. The Balaban J connectivity index is 2.41. The average molecular weight is 441 g/mol. The number of hydrogen-bond acceptors (Lipinski definition) is 4. The van der Waals surface area contributed by atoms with Gasteiger partial charge in [-0.2, -0.15) is 0 Å². The summed E-state index contributed by atoms with van der Waals surface area (Å²) < 4.78 is 49.6. The van der Waals surface area contributed by atoms with Crippen LogP contribution >= 0.6 is 0 Å². The van der Waals surface area contributed by atoms with Gasteiger partial charge in [-0.15, -0.1) is 0 Å². The number of rotatable bonds is 16. The molecule has 162 valence electrons. The quantitative estimate of drug-likeness (QED) is 0.334. The molecule has 4 atom stereocenters. The molecule has 1 fully saturated rings. The first-order valence-electron chi connectivity index (χ1n) is 10.9. The van der Waals surface area contributed by atoms with E-state index in [4.69, 9.17) is 0 Å². The average Bonchev–Trinajstić information content (AvgIpc) is 2.96. The van der Waals surface area contributed by atoms with Gasteiger partial charge in [0.2, 0.25) is 0 Å². The number of hydrogen-bond donors (Lipinski definition) is 0. The highest BCUT2D eigenvalue weighted by Crippen LogP contribution is 2.24. The molecule has 0 N–H and O–H groups in total. The molecule has 0 radical (unpaired) electrons. The summed E-state index contributed by atoms with van der Waals surface area (Å²) in [5.41, 5.74) is 0. The maximum absolute atomic E-state index is 12.7. The van der Waals surface area contributed by atoms with E-state index in [2.05, 4.69) is 13.8 Å². The minimum Gasteiger partial charge on any atom is -0.259 e. The van der Waals surface area contributed by atoms with E-state index in [9.17, 15) is 16.8 Å². The Morgan fingerprint density at radius 3 is 1.33 bits per heavy atom. The summed E-state index contributed by atoms with van der Waals surface area (Å²) in [5, 5.41) is -0.849. The zero-order valence-electron chi connectivity index (χ0n) is 17.3. The van der Waals surface area contributed by atoms with Gasteiger partial charge in [0.25, 0.3) is 0 Å². The fourth-order valence-electron chi connectivity index (χ4n) is 3.63. The molecular formula is C20H40O4S3. The summed E-state index contributed by atoms with van der Waals surface area (Å²) in [6.45, 7) is 4.36. The van der Waals surface area contributed by atoms with Crippen LogP contribution in [0.5, 0.6) is 0 Å². The standard InChI is InChI=1S/C20H40O4S3/c1-3-5-7-9-11-13-15-25(21)19-17-27(23,24)18-20(19)26(22)16-14-12-10-8-6-4-2/h19-20H,3-18H2,1-2H3. The lowest BCUT2D eigenvalue weighted by Crippen LogP contribution is -2.34. The zero-order valence-corrected chi connectivity index (χ0v) is 19.8. The molecule has 4 unspecified atom stereocenters. The first-order chi connectivity index (χ1) is 12.9. The van der Waals surface area contributed by atoms with Crippen LogP contribution in [-0.4, -0.2) is 50.3 Å². The van der Waals surface area contributed by atoms with Crippen molar-refractivity contribution in [3.63, 3.8) is 0 Å². The van der Waals surface area contributed by atoms with Gasteiger partial charge in [0.1, 0.15) is 0 Å². The minimum absolute atomic E-state index is 0.0393. The molecule has 0 spiro atoms. The van der Waals surface area contributed by atoms with Gasteiger partial charge in [-0.25, -0.2) is 8.42 Å². The maximum atomic E-state index is 12.7. The molecule has 0 aromatic heterocycles. The van der Waals surface area contributed by atoms with Gasteiger partial charge in [0, 0.05) is 33.1 Å². The van der Waals surface area contributed by atoms with Crippen LogP contribution in [0, 0.1) is 0 Å². The van der Waals surface area contributed by atoms with Crippen LogP contribution in [0.3, 0.4) is 0 Å². The van der Waals surface area contributed by atoms with E-state index in [1.807, 2.05) is 0 Å². The molecule has 0 aromatic carbocycles. The van der Waals surface area contributed by atoms with Crippen molar-refractivity contribution in [2.24, 2.45) is 0 Å². The van der Waals surface area contributed by atoms with Gasteiger partial charge in [0.15, 0.2) is 9.84 Å². The molecule has 0 bridgehead atoms. The van der Waals surface area contributed by atoms with E-state index < -0.39 is 41.9 Å². The molecule has 1 aliphatic heterocycles. The third-order valence-electron chi connectivity index (χ3n) is 5.32. The van der Waals surface area contributed by atoms with Crippen molar-refractivity contribution in [2.45, 2.75) is 101 Å². The summed E-state index contributed by atoms with van der Waals surface area (Å²) in [6, 6.07) is 0. The van der Waals surface area contributed by atoms with Crippen molar-refractivity contribution in [3.05, 3.63) is 0 Å². The molecule has 1 aliphatic rings. The van der Waals surface area contributed by atoms with E-state index in [1.165, 1.54) is 38.5 Å². The summed E-state index contributed by atoms with van der Waals surface area (Å²) in [6.07, 6.45) is 13.5. The molecule has 1 saturated heterocycles. The topological polar surface area (TPSA) is 68.3 Å². The van der Waals surface area contributed by atoms with Crippen molar-refractivity contribution >= 4 is 31.4 Å². The van der Waals surface area contributed by atoms with Crippen LogP contribution in [-0.2, 0) is 31.4 Å². The zero-order chi connectivity index (χ0) is 20.1. The summed E-state index contributed by atoms with van der Waals surface area (Å²) in [7, 11) is -5.57. The van der Waals surface area contributed by atoms with Gasteiger partial charge in [-0.1, -0.05) is 78.1 Å². The van der Waals surface area contributed by atoms with E-state index in [0.29, 0.717) is 11.5 Å². The lowest BCUT2D eigenvalue weighted by molar-refractivity contribution is 0.601. The van der Waals surface area contributed by atoms with E-state index in [1.54, 1.807) is 0 Å². The predicted molar refractivity (Wildman–Crippen MR) is 119 cm³/mol. The SMILES string of the molecule is CCCCCCCCS(=O)C1CS(=O)(=O)CC1S(=O)CCCCCCCC. The van der Waals surface area contributed by atoms with Crippen molar-refractivity contribution in [3.8, 4) is 0 Å². The molecule has 4 nitrogen and oxygen atoms in total. The highest BCUT2D eigenvalue weighted by Gasteiger charge is 2.43. The Morgan fingerprint density at radius 1 is 0.630 bits per heavy atom. The molecule has 0 aliphatic carbocycles. The Kier molecular flexibility index (Phi) is 13.4. The predicted octanol–water partition coefficient (Wildman–Crippen LogP) is 4.37. The second-order valence-electron chi connectivity index (χ2n) is 7.86. The van der Waals surface area contributed by atoms with Crippen molar-refractivity contribution in [1.82, 2.24) is 0 Å². The van der Waals surface area contributed by atoms with Gasteiger partial charge < -0.3 is 0 Å². The van der Waals surface area contributed by atoms with Crippen LogP contribution in [0.2, 0.25) is 0 Å². The number of sulfone groups is 1. The maximum Gasteiger partial charge on any atom is 0.152 e. The Labute approximate surface area is 172 Å². The third kappa shape index (κ3) is 10.6. The fraction of sp³-hybridized carbons (Fsp3) is 1.00. The van der Waals surface area contributed by atoms with Crippen LogP contribution in [0.4, 0.5) is 0 Å². The van der Waals surface area contributed by atoms with E-state index >= 15 is 0 Å². The molecule has 1 rings (SSSR count). The fourth-order valence-corrected chi connectivity index (χ4v) is 11.1. The monoisotopic (exact) mass is 440 g/mol. The lowest BCUT2D eigenvalue weighted by Gasteiger charge is -2.17. The van der Waals surface area contributed by atoms with Crippen LogP contribution in [0.25, 0.3) is 0 Å². The largest absolute Gasteiger partial charge is 0.259 e. The first-order valence-corrected chi connectivity index (χ1v) is 15.4. The van der Waals surface area contributed by atoms with Gasteiger partial charge in [-0.05, 0) is 12.8 Å². The highest BCUT2D eigenvalue weighted by molar-refractivity contribution is 7.97. The van der Waals surface area contributed by atoms with Gasteiger partial charge in [-0.3, -0.25) is 8.42 Å². The summed E-state index contributed by atoms with van der Waals surface area (Å²) in [4.78, 5) is 0. The van der Waals surface area contributed by atoms with E-state index in [-0.39, 0.29) is 11.5 Å². The molecule has 27 heavy (non-hydrogen) atoms. The summed E-state index contributed by atoms with van der Waals surface area (Å²) >= 11 is 0. The van der Waals surface area contributed by atoms with E-state index in [0.717, 1.165) is 38.5 Å². The van der Waals surface area contributed by atoms with Crippen molar-refractivity contribution in [1.29, 1.82) is 0 Å². The molecule has 1 heterocycles. The van der Waals surface area contributed by atoms with Crippen LogP contribution < -0.4 is 0 Å². The third-order valence-corrected chi connectivity index (χ3v) is 11.4. The molecule has 0 amide bonds. The summed E-state index contributed by atoms with van der Waals surface area (Å²) in [5.74, 6) is 1.03. The highest BCUT2D eigenvalue weighted by atomic mass is 32.2. The molecule has 0 aromatic rings. The second kappa shape index (κ2) is 14.3. The van der Waals surface area contributed by atoms with Crippen molar-refractivity contribution < 1.29 is 16.8 Å². The number of unbranched alkanes of at least 4 members (excludes halogenated alkanes) is 10. The van der Waals surface area contributed by atoms with Crippen LogP contribution in [0.15, 0.2) is 0 Å². The van der Waals surface area contributed by atoms with Crippen LogP contribution in [0.1, 0.15) is 90.9 Å².